The van der Waals surface area contributed by atoms with Gasteiger partial charge in [-0.15, -0.1) is 0 Å². The van der Waals surface area contributed by atoms with Gasteiger partial charge in [0.15, 0.2) is 6.29 Å². The van der Waals surface area contributed by atoms with Crippen LogP contribution in [-0.2, 0) is 23.7 Å². The van der Waals surface area contributed by atoms with Crippen LogP contribution in [-0.4, -0.2) is 89.6 Å². The van der Waals surface area contributed by atoms with Crippen molar-refractivity contribution in [2.45, 2.75) is 205 Å². The summed E-state index contributed by atoms with van der Waals surface area (Å²) in [6.45, 7) is 4.38. The fourth-order valence-corrected chi connectivity index (χ4v) is 6.42. The molecule has 324 valence electrons. The molecule has 9 nitrogen and oxygen atoms in total. The molecule has 0 aromatic heterocycles. The van der Waals surface area contributed by atoms with Crippen molar-refractivity contribution in [3.05, 3.63) is 60.8 Å². The molecule has 0 aromatic rings. The molecule has 6 unspecified atom stereocenters. The summed E-state index contributed by atoms with van der Waals surface area (Å²) >= 11 is 0. The molecule has 1 saturated heterocycles. The number of unbranched alkanes of at least 4 members (excludes halogenated alkanes) is 16. The Kier molecular flexibility index (Phi) is 35.6. The summed E-state index contributed by atoms with van der Waals surface area (Å²) in [5, 5.41) is 40.1. The first-order chi connectivity index (χ1) is 27.4. The lowest BCUT2D eigenvalue weighted by molar-refractivity contribution is -0.305. The second kappa shape index (κ2) is 38.4. The predicted octanol–water partition coefficient (Wildman–Crippen LogP) is 9.91. The highest BCUT2D eigenvalue weighted by atomic mass is 16.7. The molecule has 4 N–H and O–H groups in total. The number of hydrogen-bond acceptors (Lipinski definition) is 9. The summed E-state index contributed by atoms with van der Waals surface area (Å²) < 4.78 is 22.8. The fraction of sp³-hybridized carbons (Fsp3) is 0.766. The average Bonchev–Trinajstić information content (AvgIpc) is 3.20. The molecule has 0 aliphatic carbocycles. The number of esters is 1. The Bertz CT molecular complexity index is 1040. The van der Waals surface area contributed by atoms with Gasteiger partial charge in [-0.1, -0.05) is 145 Å². The van der Waals surface area contributed by atoms with Crippen LogP contribution >= 0.6 is 0 Å². The van der Waals surface area contributed by atoms with Crippen molar-refractivity contribution in [2.24, 2.45) is 0 Å². The molecule has 0 saturated carbocycles. The molecular weight excluding hydrogens is 709 g/mol. The third-order valence-corrected chi connectivity index (χ3v) is 9.92. The van der Waals surface area contributed by atoms with Gasteiger partial charge in [0.25, 0.3) is 0 Å². The van der Waals surface area contributed by atoms with E-state index in [1.165, 1.54) is 57.8 Å². The van der Waals surface area contributed by atoms with Gasteiger partial charge in [0.2, 0.25) is 0 Å². The van der Waals surface area contributed by atoms with Crippen molar-refractivity contribution in [2.75, 3.05) is 26.4 Å². The molecule has 56 heavy (non-hydrogen) atoms. The van der Waals surface area contributed by atoms with Gasteiger partial charge < -0.3 is 39.4 Å². The molecule has 1 aliphatic heterocycles. The Morgan fingerprint density at radius 1 is 0.589 bits per heavy atom. The lowest BCUT2D eigenvalue weighted by Gasteiger charge is -2.39. The number of rotatable bonds is 37. The smallest absolute Gasteiger partial charge is 0.306 e. The Morgan fingerprint density at radius 2 is 1.09 bits per heavy atom. The zero-order chi connectivity index (χ0) is 40.7. The summed E-state index contributed by atoms with van der Waals surface area (Å²) in [6.07, 6.45) is 41.0. The predicted molar refractivity (Wildman–Crippen MR) is 228 cm³/mol. The molecular formula is C47H82O9. The van der Waals surface area contributed by atoms with Gasteiger partial charge in [-0.2, -0.15) is 0 Å². The van der Waals surface area contributed by atoms with Gasteiger partial charge in [0.1, 0.15) is 30.5 Å². The van der Waals surface area contributed by atoms with Crippen LogP contribution in [0.15, 0.2) is 60.8 Å². The topological polar surface area (TPSA) is 135 Å². The molecule has 0 amide bonds. The molecule has 0 radical (unpaired) electrons. The zero-order valence-corrected chi connectivity index (χ0v) is 35.4. The van der Waals surface area contributed by atoms with E-state index in [0.29, 0.717) is 13.0 Å². The van der Waals surface area contributed by atoms with E-state index in [0.717, 1.165) is 89.9 Å². The normalized spacial score (nSPS) is 21.1. The number of aliphatic hydroxyl groups is 4. The first kappa shape index (κ1) is 51.9. The lowest BCUT2D eigenvalue weighted by Crippen LogP contribution is -2.59. The lowest BCUT2D eigenvalue weighted by atomic mass is 9.99. The van der Waals surface area contributed by atoms with E-state index in [9.17, 15) is 25.2 Å². The first-order valence-electron chi connectivity index (χ1n) is 22.4. The second-order valence-electron chi connectivity index (χ2n) is 15.1. The van der Waals surface area contributed by atoms with Crippen LogP contribution in [0.3, 0.4) is 0 Å². The van der Waals surface area contributed by atoms with E-state index < -0.39 is 43.4 Å². The van der Waals surface area contributed by atoms with E-state index >= 15 is 0 Å². The van der Waals surface area contributed by atoms with Crippen LogP contribution in [0.4, 0.5) is 0 Å². The van der Waals surface area contributed by atoms with Gasteiger partial charge >= 0.3 is 5.97 Å². The fourth-order valence-electron chi connectivity index (χ4n) is 6.42. The monoisotopic (exact) mass is 791 g/mol. The number of carbonyl (C=O) groups is 1. The van der Waals surface area contributed by atoms with Crippen molar-refractivity contribution in [3.8, 4) is 0 Å². The molecule has 0 bridgehead atoms. The van der Waals surface area contributed by atoms with Crippen molar-refractivity contribution >= 4 is 5.97 Å². The van der Waals surface area contributed by atoms with Crippen LogP contribution in [0.2, 0.25) is 0 Å². The van der Waals surface area contributed by atoms with Crippen molar-refractivity contribution in [1.29, 1.82) is 0 Å². The van der Waals surface area contributed by atoms with Crippen LogP contribution in [0.5, 0.6) is 0 Å². The van der Waals surface area contributed by atoms with E-state index in [2.05, 4.69) is 74.6 Å². The molecule has 9 heteroatoms. The van der Waals surface area contributed by atoms with Crippen LogP contribution in [0.1, 0.15) is 168 Å². The molecule has 0 aromatic carbocycles. The van der Waals surface area contributed by atoms with E-state index in [-0.39, 0.29) is 19.2 Å². The maximum Gasteiger partial charge on any atom is 0.306 e. The SMILES string of the molecule is CC/C=C\C/C=C\C/C=C\C/C=C\CCCCCCCOCC(COC1OC(CO)C(O)C(O)C1O)OC(=O)CCCCCCC/C=C\CCCCCCCC. The van der Waals surface area contributed by atoms with Gasteiger partial charge in [-0.3, -0.25) is 4.79 Å². The minimum absolute atomic E-state index is 0.126. The van der Waals surface area contributed by atoms with Crippen molar-refractivity contribution in [3.63, 3.8) is 0 Å². The maximum atomic E-state index is 12.8. The minimum Gasteiger partial charge on any atom is -0.457 e. The number of allylic oxidation sites excluding steroid dienone is 10. The number of hydrogen-bond donors (Lipinski definition) is 4. The van der Waals surface area contributed by atoms with E-state index in [4.69, 9.17) is 18.9 Å². The van der Waals surface area contributed by atoms with Gasteiger partial charge in [-0.25, -0.2) is 0 Å². The quantitative estimate of drug-likeness (QED) is 0.0276. The zero-order valence-electron chi connectivity index (χ0n) is 35.4. The maximum absolute atomic E-state index is 12.8. The number of ether oxygens (including phenoxy) is 4. The van der Waals surface area contributed by atoms with E-state index in [1.807, 2.05) is 0 Å². The average molecular weight is 791 g/mol. The Labute approximate surface area is 341 Å². The standard InChI is InChI=1S/C47H82O9/c1-3-5-7-9-11-13-15-17-19-20-21-23-25-27-29-31-33-35-37-53-39-41(40-54-47-46(52)45(51)44(50)42(38-48)56-47)55-43(49)36-34-32-30-28-26-24-22-18-16-14-12-10-8-6-4-2/h5,7,11,13,17-19,21-23,41-42,44-48,50-52H,3-4,6,8-10,12,14-16,20,24-40H2,1-2H3/b7-5-,13-11-,19-17-,22-18-,23-21-. The van der Waals surface area contributed by atoms with Crippen LogP contribution in [0.25, 0.3) is 0 Å². The molecule has 0 spiro atoms. The molecule has 6 atom stereocenters. The minimum atomic E-state index is -1.54. The highest BCUT2D eigenvalue weighted by Gasteiger charge is 2.44. The first-order valence-corrected chi connectivity index (χ1v) is 22.4. The molecule has 1 heterocycles. The highest BCUT2D eigenvalue weighted by Crippen LogP contribution is 2.22. The largest absolute Gasteiger partial charge is 0.457 e. The molecule has 1 fully saturated rings. The Balaban J connectivity index is 2.30. The Morgan fingerprint density at radius 3 is 1.66 bits per heavy atom. The summed E-state index contributed by atoms with van der Waals surface area (Å²) in [7, 11) is 0. The summed E-state index contributed by atoms with van der Waals surface area (Å²) in [6, 6.07) is 0. The van der Waals surface area contributed by atoms with Gasteiger partial charge in [-0.05, 0) is 77.0 Å². The highest BCUT2D eigenvalue weighted by molar-refractivity contribution is 5.69. The molecule has 1 rings (SSSR count). The third kappa shape index (κ3) is 29.2. The third-order valence-electron chi connectivity index (χ3n) is 9.92. The number of carbonyl (C=O) groups excluding carboxylic acids is 1. The van der Waals surface area contributed by atoms with Crippen LogP contribution < -0.4 is 0 Å². The second-order valence-corrected chi connectivity index (χ2v) is 15.1. The summed E-state index contributed by atoms with van der Waals surface area (Å²) in [4.78, 5) is 12.8. The summed E-state index contributed by atoms with van der Waals surface area (Å²) in [5.74, 6) is -0.332. The van der Waals surface area contributed by atoms with Crippen molar-refractivity contribution in [1.82, 2.24) is 0 Å². The van der Waals surface area contributed by atoms with E-state index in [1.54, 1.807) is 0 Å². The van der Waals surface area contributed by atoms with Crippen molar-refractivity contribution < 1.29 is 44.2 Å². The number of aliphatic hydroxyl groups excluding tert-OH is 4. The summed E-state index contributed by atoms with van der Waals surface area (Å²) in [5.41, 5.74) is 0. The van der Waals surface area contributed by atoms with Crippen LogP contribution in [0, 0.1) is 0 Å². The van der Waals surface area contributed by atoms with Gasteiger partial charge in [0, 0.05) is 13.0 Å². The Hall–Kier alpha value is -2.11. The van der Waals surface area contributed by atoms with Gasteiger partial charge in [0.05, 0.1) is 19.8 Å². The molecule has 1 aliphatic rings.